The van der Waals surface area contributed by atoms with E-state index in [9.17, 15) is 14.0 Å². The summed E-state index contributed by atoms with van der Waals surface area (Å²) in [5.74, 6) is -0.639. The minimum absolute atomic E-state index is 0.153. The first-order chi connectivity index (χ1) is 13.1. The lowest BCUT2D eigenvalue weighted by Gasteiger charge is -2.12. The lowest BCUT2D eigenvalue weighted by Crippen LogP contribution is -2.25. The van der Waals surface area contributed by atoms with Gasteiger partial charge in [-0.25, -0.2) is 8.91 Å². The van der Waals surface area contributed by atoms with Crippen molar-refractivity contribution in [3.8, 4) is 0 Å². The Labute approximate surface area is 153 Å². The first kappa shape index (κ1) is 17.0. The molecule has 0 aliphatic carbocycles. The molecule has 0 aliphatic heterocycles. The van der Waals surface area contributed by atoms with Crippen molar-refractivity contribution < 1.29 is 9.18 Å². The molecule has 0 atom stereocenters. The number of nitrogens with zero attached hydrogens (tertiary/aromatic N) is 3. The Hall–Kier alpha value is -3.48. The first-order valence-electron chi connectivity index (χ1n) is 8.61. The van der Waals surface area contributed by atoms with Gasteiger partial charge in [0.1, 0.15) is 11.3 Å². The summed E-state index contributed by atoms with van der Waals surface area (Å²) in [6, 6.07) is 12.9. The number of benzene rings is 2. The molecule has 136 valence electrons. The Morgan fingerprint density at radius 3 is 2.74 bits per heavy atom. The Morgan fingerprint density at radius 2 is 1.96 bits per heavy atom. The molecule has 2 aromatic carbocycles. The molecule has 0 unspecified atom stereocenters. The topological polar surface area (TPSA) is 68.4 Å². The minimum Gasteiger partial charge on any atom is -0.348 e. The first-order valence-corrected chi connectivity index (χ1v) is 8.61. The molecule has 2 aromatic heterocycles. The fourth-order valence-electron chi connectivity index (χ4n) is 3.21. The third-order valence-corrected chi connectivity index (χ3v) is 4.52. The number of aryl methyl sites for hydroxylation is 1. The molecule has 27 heavy (non-hydrogen) atoms. The Bertz CT molecular complexity index is 1230. The summed E-state index contributed by atoms with van der Waals surface area (Å²) >= 11 is 0. The highest BCUT2D eigenvalue weighted by molar-refractivity contribution is 5.97. The standard InChI is InChI=1S/C20H17FN4O2/c1-2-24-18-11-14(19(26)22-12-13-4-3-5-15(21)10-13)6-7-16(18)25-17(20(24)27)8-9-23-25/h3-11H,2,12H2,1H3,(H,22,26). The molecule has 0 radical (unpaired) electrons. The molecule has 1 amide bonds. The molecule has 1 N–H and O–H groups in total. The van der Waals surface area contributed by atoms with E-state index < -0.39 is 0 Å². The van der Waals surface area contributed by atoms with Gasteiger partial charge in [-0.1, -0.05) is 12.1 Å². The fraction of sp³-hybridized carbons (Fsp3) is 0.150. The molecule has 0 aliphatic rings. The molecular formula is C20H17FN4O2. The summed E-state index contributed by atoms with van der Waals surface area (Å²) in [5.41, 5.74) is 2.82. The van der Waals surface area contributed by atoms with Crippen LogP contribution in [0.5, 0.6) is 0 Å². The molecule has 4 aromatic rings. The SMILES string of the molecule is CCn1c(=O)c2ccnn2c2ccc(C(=O)NCc3cccc(F)c3)cc21. The molecule has 0 saturated carbocycles. The van der Waals surface area contributed by atoms with Crippen LogP contribution in [0.25, 0.3) is 16.6 Å². The van der Waals surface area contributed by atoms with Crippen LogP contribution in [0, 0.1) is 5.82 Å². The smallest absolute Gasteiger partial charge is 0.277 e. The maximum atomic E-state index is 13.3. The van der Waals surface area contributed by atoms with E-state index in [4.69, 9.17) is 0 Å². The molecule has 2 heterocycles. The van der Waals surface area contributed by atoms with Crippen LogP contribution in [0.1, 0.15) is 22.8 Å². The minimum atomic E-state index is -0.345. The molecule has 4 rings (SSSR count). The highest BCUT2D eigenvalue weighted by Gasteiger charge is 2.13. The van der Waals surface area contributed by atoms with Crippen LogP contribution >= 0.6 is 0 Å². The second kappa shape index (κ2) is 6.68. The van der Waals surface area contributed by atoms with Gasteiger partial charge in [-0.2, -0.15) is 5.10 Å². The molecule has 7 heteroatoms. The van der Waals surface area contributed by atoms with E-state index in [1.54, 1.807) is 51.7 Å². The fourth-order valence-corrected chi connectivity index (χ4v) is 3.21. The maximum absolute atomic E-state index is 13.3. The highest BCUT2D eigenvalue weighted by atomic mass is 19.1. The van der Waals surface area contributed by atoms with E-state index in [-0.39, 0.29) is 23.8 Å². The second-order valence-electron chi connectivity index (χ2n) is 6.19. The maximum Gasteiger partial charge on any atom is 0.277 e. The van der Waals surface area contributed by atoms with Gasteiger partial charge in [0, 0.05) is 18.7 Å². The monoisotopic (exact) mass is 364 g/mol. The van der Waals surface area contributed by atoms with Crippen LogP contribution in [0.2, 0.25) is 0 Å². The van der Waals surface area contributed by atoms with Crippen LogP contribution in [-0.2, 0) is 13.1 Å². The van der Waals surface area contributed by atoms with E-state index in [1.807, 2.05) is 6.92 Å². The van der Waals surface area contributed by atoms with Crippen molar-refractivity contribution in [2.24, 2.45) is 0 Å². The molecule has 0 spiro atoms. The van der Waals surface area contributed by atoms with Gasteiger partial charge < -0.3 is 9.88 Å². The summed E-state index contributed by atoms with van der Waals surface area (Å²) in [6.45, 7) is 2.57. The van der Waals surface area contributed by atoms with Gasteiger partial charge in [0.05, 0.1) is 17.2 Å². The van der Waals surface area contributed by atoms with E-state index in [2.05, 4.69) is 10.4 Å². The number of carbonyl (C=O) groups is 1. The van der Waals surface area contributed by atoms with Crippen LogP contribution in [0.4, 0.5) is 4.39 Å². The second-order valence-corrected chi connectivity index (χ2v) is 6.19. The van der Waals surface area contributed by atoms with Crippen molar-refractivity contribution in [2.75, 3.05) is 0 Å². The van der Waals surface area contributed by atoms with Gasteiger partial charge in [-0.15, -0.1) is 0 Å². The number of rotatable bonds is 4. The summed E-state index contributed by atoms with van der Waals surface area (Å²) in [6.07, 6.45) is 1.58. The molecule has 6 nitrogen and oxygen atoms in total. The summed E-state index contributed by atoms with van der Waals surface area (Å²) in [5, 5.41) is 6.99. The van der Waals surface area contributed by atoms with Gasteiger partial charge in [0.25, 0.3) is 11.5 Å². The van der Waals surface area contributed by atoms with Crippen molar-refractivity contribution >= 4 is 22.5 Å². The summed E-state index contributed by atoms with van der Waals surface area (Å²) < 4.78 is 16.5. The number of hydrogen-bond acceptors (Lipinski definition) is 3. The third kappa shape index (κ3) is 2.97. The Morgan fingerprint density at radius 1 is 1.11 bits per heavy atom. The largest absolute Gasteiger partial charge is 0.348 e. The lowest BCUT2D eigenvalue weighted by atomic mass is 10.1. The molecule has 0 fully saturated rings. The van der Waals surface area contributed by atoms with Gasteiger partial charge in [0.15, 0.2) is 0 Å². The van der Waals surface area contributed by atoms with Crippen molar-refractivity contribution in [3.05, 3.63) is 82.0 Å². The quantitative estimate of drug-likeness (QED) is 0.605. The van der Waals surface area contributed by atoms with E-state index >= 15 is 0 Å². The van der Waals surface area contributed by atoms with Gasteiger partial charge in [-0.05, 0) is 48.9 Å². The Balaban J connectivity index is 1.71. The predicted octanol–water partition coefficient (Wildman–Crippen LogP) is 2.74. The lowest BCUT2D eigenvalue weighted by molar-refractivity contribution is 0.0951. The number of nitrogens with one attached hydrogen (secondary N) is 1. The number of halogens is 1. The summed E-state index contributed by atoms with van der Waals surface area (Å²) in [4.78, 5) is 25.2. The zero-order chi connectivity index (χ0) is 19.0. The van der Waals surface area contributed by atoms with Crippen molar-refractivity contribution in [2.45, 2.75) is 20.0 Å². The van der Waals surface area contributed by atoms with Crippen molar-refractivity contribution in [1.82, 2.24) is 19.5 Å². The van der Waals surface area contributed by atoms with Gasteiger partial charge in [-0.3, -0.25) is 9.59 Å². The zero-order valence-corrected chi connectivity index (χ0v) is 14.6. The molecular weight excluding hydrogens is 347 g/mol. The van der Waals surface area contributed by atoms with E-state index in [1.165, 1.54) is 12.1 Å². The van der Waals surface area contributed by atoms with E-state index in [0.29, 0.717) is 28.7 Å². The van der Waals surface area contributed by atoms with Gasteiger partial charge >= 0.3 is 0 Å². The van der Waals surface area contributed by atoms with E-state index in [0.717, 1.165) is 5.52 Å². The molecule has 0 bridgehead atoms. The number of fused-ring (bicyclic) bond motifs is 3. The number of hydrogen-bond donors (Lipinski definition) is 1. The predicted molar refractivity (Wildman–Crippen MR) is 100 cm³/mol. The van der Waals surface area contributed by atoms with Crippen LogP contribution < -0.4 is 10.9 Å². The zero-order valence-electron chi connectivity index (χ0n) is 14.6. The normalized spacial score (nSPS) is 11.2. The number of aromatic nitrogens is 3. The van der Waals surface area contributed by atoms with Crippen molar-refractivity contribution in [1.29, 1.82) is 0 Å². The summed E-state index contributed by atoms with van der Waals surface area (Å²) in [7, 11) is 0. The average molecular weight is 364 g/mol. The highest BCUT2D eigenvalue weighted by Crippen LogP contribution is 2.16. The van der Waals surface area contributed by atoms with Crippen LogP contribution in [0.3, 0.4) is 0 Å². The third-order valence-electron chi connectivity index (χ3n) is 4.52. The van der Waals surface area contributed by atoms with Crippen molar-refractivity contribution in [3.63, 3.8) is 0 Å². The van der Waals surface area contributed by atoms with Crippen LogP contribution in [-0.4, -0.2) is 20.1 Å². The van der Waals surface area contributed by atoms with Crippen LogP contribution in [0.15, 0.2) is 59.5 Å². The number of carbonyl (C=O) groups excluding carboxylic acids is 1. The average Bonchev–Trinajstić information content (AvgIpc) is 3.16. The number of amides is 1. The Kier molecular flexibility index (Phi) is 4.19. The molecule has 0 saturated heterocycles. The van der Waals surface area contributed by atoms with Gasteiger partial charge in [0.2, 0.25) is 0 Å².